The molecular formula is C15H17N3O2S. The predicted octanol–water partition coefficient (Wildman–Crippen LogP) is 3.02. The Hall–Kier alpha value is -2.08. The maximum Gasteiger partial charge on any atom is 0.259 e. The lowest BCUT2D eigenvalue weighted by Crippen LogP contribution is -2.16. The van der Waals surface area contributed by atoms with Gasteiger partial charge >= 0.3 is 0 Å². The molecule has 1 aromatic heterocycles. The first kappa shape index (κ1) is 15.3. The van der Waals surface area contributed by atoms with E-state index in [9.17, 15) is 4.79 Å². The van der Waals surface area contributed by atoms with Crippen LogP contribution >= 0.6 is 11.8 Å². The molecule has 1 N–H and O–H groups in total. The summed E-state index contributed by atoms with van der Waals surface area (Å²) in [4.78, 5) is 20.9. The minimum Gasteiger partial charge on any atom is -0.497 e. The number of ether oxygens (including phenoxy) is 1. The van der Waals surface area contributed by atoms with E-state index in [1.165, 1.54) is 11.8 Å². The van der Waals surface area contributed by atoms with Crippen LogP contribution in [0, 0.1) is 0 Å². The Morgan fingerprint density at radius 3 is 2.90 bits per heavy atom. The Morgan fingerprint density at radius 2 is 2.24 bits per heavy atom. The molecule has 0 saturated carbocycles. The maximum absolute atomic E-state index is 12.4. The van der Waals surface area contributed by atoms with Crippen molar-refractivity contribution in [2.45, 2.75) is 18.5 Å². The molecular weight excluding hydrogens is 286 g/mol. The fraction of sp³-hybridized carbons (Fsp3) is 0.267. The molecule has 0 saturated heterocycles. The summed E-state index contributed by atoms with van der Waals surface area (Å²) in [5.74, 6) is 0.477. The van der Waals surface area contributed by atoms with Crippen LogP contribution in [0.15, 0.2) is 35.6 Å². The molecule has 110 valence electrons. The number of carbonyl (C=O) groups is 1. The number of hydrogen-bond acceptors (Lipinski definition) is 5. The summed E-state index contributed by atoms with van der Waals surface area (Å²) in [6.45, 7) is 1.97. The molecule has 21 heavy (non-hydrogen) atoms. The number of benzene rings is 1. The molecule has 0 aliphatic rings. The van der Waals surface area contributed by atoms with E-state index in [0.29, 0.717) is 28.6 Å². The highest BCUT2D eigenvalue weighted by atomic mass is 32.2. The van der Waals surface area contributed by atoms with Gasteiger partial charge in [-0.3, -0.25) is 4.79 Å². The largest absolute Gasteiger partial charge is 0.497 e. The van der Waals surface area contributed by atoms with E-state index in [1.807, 2.05) is 31.4 Å². The van der Waals surface area contributed by atoms with Crippen molar-refractivity contribution in [3.8, 4) is 5.75 Å². The normalized spacial score (nSPS) is 10.2. The summed E-state index contributed by atoms with van der Waals surface area (Å²) < 4.78 is 5.14. The van der Waals surface area contributed by atoms with Gasteiger partial charge in [-0.2, -0.15) is 0 Å². The number of aromatic nitrogens is 2. The molecule has 1 amide bonds. The van der Waals surface area contributed by atoms with E-state index in [0.717, 1.165) is 5.69 Å². The standard InChI is InChI=1S/C15H17N3O2S/c1-4-13-12(9-16-15(18-13)21-3)14(19)17-10-6-5-7-11(8-10)20-2/h5-9H,4H2,1-3H3,(H,17,19). The number of nitrogens with zero attached hydrogens (tertiary/aromatic N) is 2. The molecule has 2 aromatic rings. The van der Waals surface area contributed by atoms with Gasteiger partial charge in [0.2, 0.25) is 0 Å². The average Bonchev–Trinajstić information content (AvgIpc) is 2.54. The van der Waals surface area contributed by atoms with Gasteiger partial charge < -0.3 is 10.1 Å². The van der Waals surface area contributed by atoms with Crippen LogP contribution in [0.25, 0.3) is 0 Å². The van der Waals surface area contributed by atoms with Crippen LogP contribution in [0.2, 0.25) is 0 Å². The van der Waals surface area contributed by atoms with Gasteiger partial charge in [-0.25, -0.2) is 9.97 Å². The number of hydrogen-bond donors (Lipinski definition) is 1. The first-order valence-electron chi connectivity index (χ1n) is 6.53. The molecule has 0 aliphatic carbocycles. The summed E-state index contributed by atoms with van der Waals surface area (Å²) >= 11 is 1.46. The lowest BCUT2D eigenvalue weighted by atomic mass is 10.1. The van der Waals surface area contributed by atoms with E-state index in [1.54, 1.807) is 19.4 Å². The third-order valence-electron chi connectivity index (χ3n) is 2.94. The van der Waals surface area contributed by atoms with Crippen molar-refractivity contribution in [2.24, 2.45) is 0 Å². The van der Waals surface area contributed by atoms with Gasteiger partial charge in [0.1, 0.15) is 5.75 Å². The Balaban J connectivity index is 2.23. The summed E-state index contributed by atoms with van der Waals surface area (Å²) in [5.41, 5.74) is 1.92. The summed E-state index contributed by atoms with van der Waals surface area (Å²) in [5, 5.41) is 3.51. The fourth-order valence-electron chi connectivity index (χ4n) is 1.86. The number of carbonyl (C=O) groups excluding carboxylic acids is 1. The summed E-state index contributed by atoms with van der Waals surface area (Å²) in [6.07, 6.45) is 4.16. The minimum absolute atomic E-state index is 0.215. The molecule has 0 atom stereocenters. The Kier molecular flexibility index (Phi) is 5.16. The van der Waals surface area contributed by atoms with E-state index >= 15 is 0 Å². The van der Waals surface area contributed by atoms with Crippen LogP contribution in [0.3, 0.4) is 0 Å². The molecule has 1 heterocycles. The smallest absolute Gasteiger partial charge is 0.259 e. The third-order valence-corrected chi connectivity index (χ3v) is 3.50. The van der Waals surface area contributed by atoms with Crippen molar-refractivity contribution in [3.63, 3.8) is 0 Å². The first-order chi connectivity index (χ1) is 10.2. The maximum atomic E-state index is 12.4. The molecule has 1 aromatic carbocycles. The van der Waals surface area contributed by atoms with Gasteiger partial charge in [0.25, 0.3) is 5.91 Å². The number of aryl methyl sites for hydroxylation is 1. The number of nitrogens with one attached hydrogen (secondary N) is 1. The van der Waals surface area contributed by atoms with E-state index in [2.05, 4.69) is 15.3 Å². The Morgan fingerprint density at radius 1 is 1.43 bits per heavy atom. The van der Waals surface area contributed by atoms with Crippen LogP contribution in [-0.4, -0.2) is 29.2 Å². The second-order valence-corrected chi connectivity index (χ2v) is 5.03. The summed E-state index contributed by atoms with van der Waals surface area (Å²) in [7, 11) is 1.59. The second-order valence-electron chi connectivity index (χ2n) is 4.26. The molecule has 5 nitrogen and oxygen atoms in total. The van der Waals surface area contributed by atoms with Crippen molar-refractivity contribution in [1.29, 1.82) is 0 Å². The summed E-state index contributed by atoms with van der Waals surface area (Å²) in [6, 6.07) is 7.22. The Labute approximate surface area is 128 Å². The highest BCUT2D eigenvalue weighted by Crippen LogP contribution is 2.19. The van der Waals surface area contributed by atoms with Crippen LogP contribution in [0.5, 0.6) is 5.75 Å². The van der Waals surface area contributed by atoms with Crippen LogP contribution in [0.4, 0.5) is 5.69 Å². The minimum atomic E-state index is -0.215. The van der Waals surface area contributed by atoms with Crippen LogP contribution in [0.1, 0.15) is 23.0 Å². The van der Waals surface area contributed by atoms with Gasteiger partial charge in [0, 0.05) is 18.0 Å². The quantitative estimate of drug-likeness (QED) is 0.679. The number of rotatable bonds is 5. The molecule has 6 heteroatoms. The van der Waals surface area contributed by atoms with Crippen molar-refractivity contribution >= 4 is 23.4 Å². The average molecular weight is 303 g/mol. The molecule has 0 spiro atoms. The molecule has 0 radical (unpaired) electrons. The van der Waals surface area contributed by atoms with E-state index < -0.39 is 0 Å². The fourth-order valence-corrected chi connectivity index (χ4v) is 2.22. The van der Waals surface area contributed by atoms with Crippen molar-refractivity contribution in [2.75, 3.05) is 18.7 Å². The van der Waals surface area contributed by atoms with Crippen molar-refractivity contribution in [3.05, 3.63) is 41.7 Å². The highest BCUT2D eigenvalue weighted by Gasteiger charge is 2.14. The number of methoxy groups -OCH3 is 1. The van der Waals surface area contributed by atoms with E-state index in [4.69, 9.17) is 4.74 Å². The molecule has 0 aliphatic heterocycles. The molecule has 2 rings (SSSR count). The van der Waals surface area contributed by atoms with Gasteiger partial charge in [0.05, 0.1) is 18.4 Å². The van der Waals surface area contributed by atoms with Gasteiger partial charge in [-0.1, -0.05) is 24.8 Å². The third kappa shape index (κ3) is 3.72. The zero-order valence-electron chi connectivity index (χ0n) is 12.2. The zero-order valence-corrected chi connectivity index (χ0v) is 13.0. The van der Waals surface area contributed by atoms with Gasteiger partial charge in [-0.05, 0) is 24.8 Å². The highest BCUT2D eigenvalue weighted by molar-refractivity contribution is 7.98. The van der Waals surface area contributed by atoms with Crippen LogP contribution in [-0.2, 0) is 6.42 Å². The van der Waals surface area contributed by atoms with Gasteiger partial charge in [-0.15, -0.1) is 0 Å². The van der Waals surface area contributed by atoms with Crippen molar-refractivity contribution < 1.29 is 9.53 Å². The number of anilines is 1. The Bertz CT molecular complexity index is 647. The predicted molar refractivity (Wildman–Crippen MR) is 84.1 cm³/mol. The molecule has 0 unspecified atom stereocenters. The number of thioether (sulfide) groups is 1. The molecule has 0 fully saturated rings. The topological polar surface area (TPSA) is 64.1 Å². The zero-order chi connectivity index (χ0) is 15.2. The SMILES string of the molecule is CCc1nc(SC)ncc1C(=O)Nc1cccc(OC)c1. The number of amides is 1. The lowest BCUT2D eigenvalue weighted by Gasteiger charge is -2.09. The lowest BCUT2D eigenvalue weighted by molar-refractivity contribution is 0.102. The van der Waals surface area contributed by atoms with Crippen LogP contribution < -0.4 is 10.1 Å². The monoisotopic (exact) mass is 303 g/mol. The van der Waals surface area contributed by atoms with Gasteiger partial charge in [0.15, 0.2) is 5.16 Å². The van der Waals surface area contributed by atoms with Crippen molar-refractivity contribution in [1.82, 2.24) is 9.97 Å². The molecule has 0 bridgehead atoms. The first-order valence-corrected chi connectivity index (χ1v) is 7.75. The van der Waals surface area contributed by atoms with E-state index in [-0.39, 0.29) is 5.91 Å². The second kappa shape index (κ2) is 7.08.